The maximum atomic E-state index is 10.9. The Labute approximate surface area is 113 Å². The molecule has 0 amide bonds. The van der Waals surface area contributed by atoms with E-state index in [9.17, 15) is 10.1 Å². The van der Waals surface area contributed by atoms with Gasteiger partial charge in [0, 0.05) is 11.1 Å². The molecule has 2 rings (SSSR count). The highest BCUT2D eigenvalue weighted by molar-refractivity contribution is 6.32. The molecule has 0 aliphatic carbocycles. The van der Waals surface area contributed by atoms with Crippen molar-refractivity contribution in [2.45, 2.75) is 0 Å². The minimum atomic E-state index is -0.557. The largest absolute Gasteiger partial charge is 0.449 e. The van der Waals surface area contributed by atoms with Crippen LogP contribution in [0.15, 0.2) is 42.5 Å². The van der Waals surface area contributed by atoms with Crippen LogP contribution < -0.4 is 4.74 Å². The van der Waals surface area contributed by atoms with Gasteiger partial charge in [-0.05, 0) is 24.3 Å². The van der Waals surface area contributed by atoms with Gasteiger partial charge in [-0.25, -0.2) is 0 Å². The van der Waals surface area contributed by atoms with Gasteiger partial charge in [0.15, 0.2) is 0 Å². The molecule has 0 radical (unpaired) electrons. The molecule has 2 aromatic rings. The lowest BCUT2D eigenvalue weighted by atomic mass is 10.3. The molecule has 4 nitrogen and oxygen atoms in total. The average Bonchev–Trinajstić information content (AvgIpc) is 2.34. The molecule has 0 spiro atoms. The quantitative estimate of drug-likeness (QED) is 0.606. The highest BCUT2D eigenvalue weighted by atomic mass is 35.5. The third-order valence-electron chi connectivity index (χ3n) is 2.17. The summed E-state index contributed by atoms with van der Waals surface area (Å²) in [7, 11) is 0. The van der Waals surface area contributed by atoms with Crippen molar-refractivity contribution in [1.82, 2.24) is 0 Å². The van der Waals surface area contributed by atoms with Crippen molar-refractivity contribution >= 4 is 28.9 Å². The predicted molar refractivity (Wildman–Crippen MR) is 69.6 cm³/mol. The summed E-state index contributed by atoms with van der Waals surface area (Å²) in [6.45, 7) is 0. The Morgan fingerprint density at radius 3 is 2.44 bits per heavy atom. The number of benzene rings is 2. The van der Waals surface area contributed by atoms with Crippen LogP contribution in [-0.2, 0) is 0 Å². The van der Waals surface area contributed by atoms with Gasteiger partial charge >= 0.3 is 5.69 Å². The lowest BCUT2D eigenvalue weighted by molar-refractivity contribution is -0.385. The lowest BCUT2D eigenvalue weighted by Crippen LogP contribution is -1.93. The maximum absolute atomic E-state index is 10.9. The summed E-state index contributed by atoms with van der Waals surface area (Å²) in [6.07, 6.45) is 0. The van der Waals surface area contributed by atoms with Crippen LogP contribution in [-0.4, -0.2) is 4.92 Å². The summed E-state index contributed by atoms with van der Waals surface area (Å²) >= 11 is 11.6. The monoisotopic (exact) mass is 283 g/mol. The second kappa shape index (κ2) is 5.25. The van der Waals surface area contributed by atoms with Gasteiger partial charge < -0.3 is 4.74 Å². The van der Waals surface area contributed by atoms with Gasteiger partial charge in [-0.3, -0.25) is 10.1 Å². The standard InChI is InChI=1S/C12H7Cl2NO3/c13-8-5-6-12(10(7-8)15(16)17)18-11-4-2-1-3-9(11)14/h1-7H. The van der Waals surface area contributed by atoms with Gasteiger partial charge in [-0.1, -0.05) is 35.3 Å². The van der Waals surface area contributed by atoms with E-state index in [0.717, 1.165) is 0 Å². The topological polar surface area (TPSA) is 52.4 Å². The van der Waals surface area contributed by atoms with E-state index in [1.54, 1.807) is 24.3 Å². The SMILES string of the molecule is O=[N+]([O-])c1cc(Cl)ccc1Oc1ccccc1Cl. The van der Waals surface area contributed by atoms with Crippen molar-refractivity contribution in [2.24, 2.45) is 0 Å². The Morgan fingerprint density at radius 2 is 1.78 bits per heavy atom. The van der Waals surface area contributed by atoms with E-state index in [2.05, 4.69) is 0 Å². The molecule has 0 saturated carbocycles. The molecule has 0 saturated heterocycles. The minimum Gasteiger partial charge on any atom is -0.449 e. The van der Waals surface area contributed by atoms with Gasteiger partial charge in [0.2, 0.25) is 5.75 Å². The zero-order valence-electron chi connectivity index (χ0n) is 8.97. The summed E-state index contributed by atoms with van der Waals surface area (Å²) in [5.74, 6) is 0.446. The molecule has 0 fully saturated rings. The third-order valence-corrected chi connectivity index (χ3v) is 2.72. The molecule has 18 heavy (non-hydrogen) atoms. The van der Waals surface area contributed by atoms with Gasteiger partial charge in [-0.2, -0.15) is 0 Å². The second-order valence-corrected chi connectivity index (χ2v) is 4.25. The van der Waals surface area contributed by atoms with E-state index in [0.29, 0.717) is 10.8 Å². The van der Waals surface area contributed by atoms with Crippen LogP contribution in [0.2, 0.25) is 10.0 Å². The Hall–Kier alpha value is -1.78. The molecule has 0 aliphatic rings. The van der Waals surface area contributed by atoms with E-state index >= 15 is 0 Å². The molecule has 0 heterocycles. The predicted octanol–water partition coefficient (Wildman–Crippen LogP) is 4.69. The summed E-state index contributed by atoms with van der Waals surface area (Å²) in [4.78, 5) is 10.3. The van der Waals surface area contributed by atoms with E-state index in [-0.39, 0.29) is 16.5 Å². The Kier molecular flexibility index (Phi) is 3.69. The van der Waals surface area contributed by atoms with Crippen molar-refractivity contribution in [3.63, 3.8) is 0 Å². The average molecular weight is 284 g/mol. The lowest BCUT2D eigenvalue weighted by Gasteiger charge is -2.07. The number of nitrogens with zero attached hydrogens (tertiary/aromatic N) is 1. The summed E-state index contributed by atoms with van der Waals surface area (Å²) in [5, 5.41) is 11.5. The highest BCUT2D eigenvalue weighted by Gasteiger charge is 2.17. The van der Waals surface area contributed by atoms with Crippen molar-refractivity contribution in [3.05, 3.63) is 62.6 Å². The number of rotatable bonds is 3. The molecule has 0 N–H and O–H groups in total. The van der Waals surface area contributed by atoms with Crippen molar-refractivity contribution in [3.8, 4) is 11.5 Å². The van der Waals surface area contributed by atoms with Gasteiger partial charge in [0.05, 0.1) is 9.95 Å². The number of halogens is 2. The molecule has 0 atom stereocenters. The fourth-order valence-electron chi connectivity index (χ4n) is 1.37. The highest BCUT2D eigenvalue weighted by Crippen LogP contribution is 2.35. The Morgan fingerprint density at radius 1 is 1.06 bits per heavy atom. The molecule has 0 aliphatic heterocycles. The minimum absolute atomic E-state index is 0.0949. The van der Waals surface area contributed by atoms with Crippen LogP contribution in [0.4, 0.5) is 5.69 Å². The first-order valence-electron chi connectivity index (χ1n) is 4.94. The van der Waals surface area contributed by atoms with Crippen LogP contribution in [0.25, 0.3) is 0 Å². The molecule has 0 aromatic heterocycles. The number of para-hydroxylation sites is 1. The Balaban J connectivity index is 2.41. The van der Waals surface area contributed by atoms with E-state index in [1.807, 2.05) is 0 Å². The van der Waals surface area contributed by atoms with E-state index in [4.69, 9.17) is 27.9 Å². The molecule has 6 heteroatoms. The molecule has 2 aromatic carbocycles. The fraction of sp³-hybridized carbons (Fsp3) is 0. The van der Waals surface area contributed by atoms with Crippen LogP contribution >= 0.6 is 23.2 Å². The number of ether oxygens (including phenoxy) is 1. The van der Waals surface area contributed by atoms with Crippen molar-refractivity contribution in [2.75, 3.05) is 0 Å². The van der Waals surface area contributed by atoms with E-state index in [1.165, 1.54) is 18.2 Å². The van der Waals surface area contributed by atoms with Crippen molar-refractivity contribution < 1.29 is 9.66 Å². The van der Waals surface area contributed by atoms with Crippen LogP contribution in [0.3, 0.4) is 0 Å². The zero-order chi connectivity index (χ0) is 13.1. The summed E-state index contributed by atoms with van der Waals surface area (Å²) < 4.78 is 5.42. The van der Waals surface area contributed by atoms with Gasteiger partial charge in [0.1, 0.15) is 5.75 Å². The molecule has 0 bridgehead atoms. The molecular formula is C12H7Cl2NO3. The smallest absolute Gasteiger partial charge is 0.313 e. The van der Waals surface area contributed by atoms with Crippen LogP contribution in [0, 0.1) is 10.1 Å². The third kappa shape index (κ3) is 2.72. The van der Waals surface area contributed by atoms with Gasteiger partial charge in [0.25, 0.3) is 0 Å². The van der Waals surface area contributed by atoms with E-state index < -0.39 is 4.92 Å². The number of nitro groups is 1. The van der Waals surface area contributed by atoms with Crippen LogP contribution in [0.1, 0.15) is 0 Å². The summed E-state index contributed by atoms with van der Waals surface area (Å²) in [5.41, 5.74) is -0.206. The van der Waals surface area contributed by atoms with Crippen LogP contribution in [0.5, 0.6) is 11.5 Å². The first-order valence-corrected chi connectivity index (χ1v) is 5.70. The van der Waals surface area contributed by atoms with Crippen molar-refractivity contribution in [1.29, 1.82) is 0 Å². The Bertz CT molecular complexity index is 602. The zero-order valence-corrected chi connectivity index (χ0v) is 10.5. The normalized spacial score (nSPS) is 10.1. The fourth-order valence-corrected chi connectivity index (χ4v) is 1.71. The van der Waals surface area contributed by atoms with Gasteiger partial charge in [-0.15, -0.1) is 0 Å². The molecular weight excluding hydrogens is 277 g/mol. The summed E-state index contributed by atoms with van der Waals surface area (Å²) in [6, 6.07) is 10.9. The molecule has 0 unspecified atom stereocenters. The number of hydrogen-bond acceptors (Lipinski definition) is 3. The maximum Gasteiger partial charge on any atom is 0.313 e. The number of nitro benzene ring substituents is 1. The first-order chi connectivity index (χ1) is 8.58. The second-order valence-electron chi connectivity index (χ2n) is 3.40. The molecule has 92 valence electrons. The first kappa shape index (κ1) is 12.7. The number of hydrogen-bond donors (Lipinski definition) is 0.